The molecule has 0 atom stereocenters. The lowest BCUT2D eigenvalue weighted by Gasteiger charge is -2.00. The first-order chi connectivity index (χ1) is 5.75. The van der Waals surface area contributed by atoms with E-state index in [0.717, 1.165) is 5.56 Å². The lowest BCUT2D eigenvalue weighted by atomic mass is 10.1. The minimum absolute atomic E-state index is 0.438. The quantitative estimate of drug-likeness (QED) is 0.621. The van der Waals surface area contributed by atoms with E-state index in [4.69, 9.17) is 11.6 Å². The highest BCUT2D eigenvalue weighted by Gasteiger charge is 1.99. The number of halogens is 2. The first-order valence-corrected chi connectivity index (χ1v) is 4.43. The van der Waals surface area contributed by atoms with Crippen molar-refractivity contribution in [2.75, 3.05) is 0 Å². The molecule has 0 amide bonds. The van der Waals surface area contributed by atoms with E-state index in [2.05, 4.69) is 0 Å². The molecule has 0 aliphatic carbocycles. The molecule has 0 aromatic heterocycles. The van der Waals surface area contributed by atoms with Gasteiger partial charge in [-0.15, -0.1) is 0 Å². The Bertz CT molecular complexity index is 233. The zero-order chi connectivity index (χ0) is 9.56. The van der Waals surface area contributed by atoms with Gasteiger partial charge in [-0.05, 0) is 24.1 Å². The summed E-state index contributed by atoms with van der Waals surface area (Å²) in [6.45, 7) is 5.38. The molecular formula is C10H14ClF. The molecule has 1 rings (SSSR count). The van der Waals surface area contributed by atoms with Gasteiger partial charge in [-0.2, -0.15) is 0 Å². The van der Waals surface area contributed by atoms with E-state index in [1.807, 2.05) is 20.8 Å². The lowest BCUT2D eigenvalue weighted by Crippen LogP contribution is -1.84. The Balaban J connectivity index is 0.000000561. The zero-order valence-corrected chi connectivity index (χ0v) is 8.45. The molecule has 0 aliphatic heterocycles. The Morgan fingerprint density at radius 1 is 1.33 bits per heavy atom. The van der Waals surface area contributed by atoms with Crippen molar-refractivity contribution in [2.24, 2.45) is 0 Å². The van der Waals surface area contributed by atoms with Gasteiger partial charge in [-0.1, -0.05) is 37.6 Å². The van der Waals surface area contributed by atoms with E-state index >= 15 is 0 Å². The van der Waals surface area contributed by atoms with E-state index in [-0.39, 0.29) is 0 Å². The Kier molecular flexibility index (Phi) is 5.73. The Morgan fingerprint density at radius 3 is 2.33 bits per heavy atom. The first-order valence-electron chi connectivity index (χ1n) is 4.05. The molecule has 0 fully saturated rings. The van der Waals surface area contributed by atoms with Crippen LogP contribution in [0.15, 0.2) is 18.2 Å². The maximum absolute atomic E-state index is 12.1. The third kappa shape index (κ3) is 2.82. The SMILES string of the molecule is CC.Cc1c(Cl)cccc1CF. The predicted molar refractivity (Wildman–Crippen MR) is 52.3 cm³/mol. The molecule has 0 nitrogen and oxygen atoms in total. The molecule has 68 valence electrons. The van der Waals surface area contributed by atoms with Crippen molar-refractivity contribution in [2.45, 2.75) is 27.4 Å². The number of rotatable bonds is 1. The van der Waals surface area contributed by atoms with Crippen LogP contribution in [0, 0.1) is 6.92 Å². The van der Waals surface area contributed by atoms with Gasteiger partial charge in [-0.25, -0.2) is 4.39 Å². The second-order valence-corrected chi connectivity index (χ2v) is 2.56. The van der Waals surface area contributed by atoms with Gasteiger partial charge < -0.3 is 0 Å². The molecule has 0 aliphatic rings. The molecule has 1 aromatic rings. The van der Waals surface area contributed by atoms with Crippen LogP contribution in [0.4, 0.5) is 4.39 Å². The van der Waals surface area contributed by atoms with Crippen LogP contribution >= 0.6 is 11.6 Å². The summed E-state index contributed by atoms with van der Waals surface area (Å²) in [6.07, 6.45) is 0. The molecule has 0 spiro atoms. The van der Waals surface area contributed by atoms with Crippen molar-refractivity contribution in [3.8, 4) is 0 Å². The fourth-order valence-corrected chi connectivity index (χ4v) is 0.991. The maximum Gasteiger partial charge on any atom is 0.115 e. The molecule has 2 heteroatoms. The Labute approximate surface area is 78.4 Å². The van der Waals surface area contributed by atoms with Gasteiger partial charge in [0.25, 0.3) is 0 Å². The van der Waals surface area contributed by atoms with E-state index in [0.29, 0.717) is 10.6 Å². The third-order valence-electron chi connectivity index (χ3n) is 1.52. The topological polar surface area (TPSA) is 0 Å². The number of hydrogen-bond donors (Lipinski definition) is 0. The fourth-order valence-electron chi connectivity index (χ4n) is 0.797. The second-order valence-electron chi connectivity index (χ2n) is 2.16. The first kappa shape index (κ1) is 11.4. The highest BCUT2D eigenvalue weighted by Crippen LogP contribution is 2.18. The molecular weight excluding hydrogens is 175 g/mol. The number of hydrogen-bond acceptors (Lipinski definition) is 0. The molecule has 0 radical (unpaired) electrons. The molecule has 0 saturated carbocycles. The van der Waals surface area contributed by atoms with Gasteiger partial charge in [0.15, 0.2) is 0 Å². The molecule has 0 heterocycles. The molecule has 0 saturated heterocycles. The summed E-state index contributed by atoms with van der Waals surface area (Å²) < 4.78 is 12.1. The summed E-state index contributed by atoms with van der Waals surface area (Å²) in [5.74, 6) is 0. The van der Waals surface area contributed by atoms with Crippen LogP contribution in [0.5, 0.6) is 0 Å². The average molecular weight is 189 g/mol. The van der Waals surface area contributed by atoms with Crippen molar-refractivity contribution < 1.29 is 4.39 Å². The fraction of sp³-hybridized carbons (Fsp3) is 0.400. The molecule has 0 bridgehead atoms. The van der Waals surface area contributed by atoms with Crippen LogP contribution in [0.2, 0.25) is 5.02 Å². The van der Waals surface area contributed by atoms with E-state index in [1.165, 1.54) is 0 Å². The third-order valence-corrected chi connectivity index (χ3v) is 1.93. The Hall–Kier alpha value is -0.560. The van der Waals surface area contributed by atoms with Crippen LogP contribution in [0.1, 0.15) is 25.0 Å². The van der Waals surface area contributed by atoms with Gasteiger partial charge in [0, 0.05) is 5.02 Å². The zero-order valence-electron chi connectivity index (χ0n) is 7.70. The summed E-state index contributed by atoms with van der Waals surface area (Å²) in [4.78, 5) is 0. The summed E-state index contributed by atoms with van der Waals surface area (Å²) >= 11 is 5.73. The minimum Gasteiger partial charge on any atom is -0.246 e. The monoisotopic (exact) mass is 188 g/mol. The number of benzene rings is 1. The van der Waals surface area contributed by atoms with Gasteiger partial charge in [0.1, 0.15) is 6.67 Å². The van der Waals surface area contributed by atoms with E-state index in [1.54, 1.807) is 18.2 Å². The van der Waals surface area contributed by atoms with Crippen molar-refractivity contribution in [1.82, 2.24) is 0 Å². The van der Waals surface area contributed by atoms with Crippen LogP contribution < -0.4 is 0 Å². The van der Waals surface area contributed by atoms with Gasteiger partial charge in [-0.3, -0.25) is 0 Å². The van der Waals surface area contributed by atoms with Crippen molar-refractivity contribution in [1.29, 1.82) is 0 Å². The highest BCUT2D eigenvalue weighted by molar-refractivity contribution is 6.31. The average Bonchev–Trinajstić information content (AvgIpc) is 2.13. The summed E-state index contributed by atoms with van der Waals surface area (Å²) in [5, 5.41) is 0.634. The van der Waals surface area contributed by atoms with Gasteiger partial charge >= 0.3 is 0 Å². The minimum atomic E-state index is -0.438. The summed E-state index contributed by atoms with van der Waals surface area (Å²) in [5.41, 5.74) is 1.51. The van der Waals surface area contributed by atoms with E-state index in [9.17, 15) is 4.39 Å². The van der Waals surface area contributed by atoms with Crippen molar-refractivity contribution in [3.05, 3.63) is 34.3 Å². The molecule has 0 N–H and O–H groups in total. The van der Waals surface area contributed by atoms with E-state index < -0.39 is 6.67 Å². The normalized spacial score (nSPS) is 8.75. The molecule has 0 unspecified atom stereocenters. The van der Waals surface area contributed by atoms with Crippen LogP contribution in [-0.4, -0.2) is 0 Å². The highest BCUT2D eigenvalue weighted by atomic mass is 35.5. The maximum atomic E-state index is 12.1. The van der Waals surface area contributed by atoms with Crippen LogP contribution in [0.3, 0.4) is 0 Å². The predicted octanol–water partition coefficient (Wildman–Crippen LogP) is 4.14. The van der Waals surface area contributed by atoms with Crippen LogP contribution in [-0.2, 0) is 6.67 Å². The second kappa shape index (κ2) is 6.01. The smallest absolute Gasteiger partial charge is 0.115 e. The standard InChI is InChI=1S/C8H8ClF.C2H6/c1-6-7(5-10)3-2-4-8(6)9;1-2/h2-4H,5H2,1H3;1-2H3. The number of alkyl halides is 1. The lowest BCUT2D eigenvalue weighted by molar-refractivity contribution is 0.483. The van der Waals surface area contributed by atoms with Gasteiger partial charge in [0.2, 0.25) is 0 Å². The summed E-state index contributed by atoms with van der Waals surface area (Å²) in [6, 6.07) is 5.25. The van der Waals surface area contributed by atoms with Crippen molar-refractivity contribution in [3.63, 3.8) is 0 Å². The largest absolute Gasteiger partial charge is 0.246 e. The Morgan fingerprint density at radius 2 is 1.92 bits per heavy atom. The van der Waals surface area contributed by atoms with Crippen LogP contribution in [0.25, 0.3) is 0 Å². The van der Waals surface area contributed by atoms with Crippen molar-refractivity contribution >= 4 is 11.6 Å². The van der Waals surface area contributed by atoms with Gasteiger partial charge in [0.05, 0.1) is 0 Å². The molecule has 1 aromatic carbocycles. The summed E-state index contributed by atoms with van der Waals surface area (Å²) in [7, 11) is 0. The molecule has 12 heavy (non-hydrogen) atoms.